The molecule has 1 N–H and O–H groups in total. The van der Waals surface area contributed by atoms with Gasteiger partial charge in [-0.15, -0.1) is 0 Å². The molecule has 0 aliphatic rings. The number of alkyl halides is 1. The maximum Gasteiger partial charge on any atom is 0.159 e. The van der Waals surface area contributed by atoms with Gasteiger partial charge in [0.2, 0.25) is 0 Å². The number of ketones is 1. The highest BCUT2D eigenvalue weighted by molar-refractivity contribution is 9.09. The van der Waals surface area contributed by atoms with Gasteiger partial charge in [0, 0.05) is 17.3 Å². The molecule has 3 nitrogen and oxygen atoms in total. The Morgan fingerprint density at radius 1 is 1.53 bits per heavy atom. The minimum atomic E-state index is 0.0774. The van der Waals surface area contributed by atoms with Crippen LogP contribution in [0.1, 0.15) is 23.1 Å². The molecule has 0 saturated heterocycles. The number of carbonyl (C=O) groups is 1. The quantitative estimate of drug-likeness (QED) is 0.686. The van der Waals surface area contributed by atoms with Crippen LogP contribution < -0.4 is 0 Å². The number of aromatic nitrogens is 2. The molecule has 1 heterocycles. The van der Waals surface area contributed by atoms with Gasteiger partial charge in [0.25, 0.3) is 0 Å². The fraction of sp³-hybridized carbons (Fsp3) is 0.273. The number of H-pyrrole nitrogens is 1. The van der Waals surface area contributed by atoms with Crippen molar-refractivity contribution in [2.75, 3.05) is 5.33 Å². The number of Topliss-reactive ketones (excluding diaryl/α,β-unsaturated/α-hetero) is 1. The Morgan fingerprint density at radius 3 is 3.00 bits per heavy atom. The number of imidazole rings is 1. The molecule has 0 unspecified atom stereocenters. The van der Waals surface area contributed by atoms with Crippen LogP contribution in [0.3, 0.4) is 0 Å². The Balaban J connectivity index is 2.47. The molecular weight excluding hydrogens is 256 g/mol. The van der Waals surface area contributed by atoms with Crippen molar-refractivity contribution >= 4 is 32.7 Å². The number of nitrogens with one attached hydrogen (secondary N) is 1. The lowest BCUT2D eigenvalue weighted by molar-refractivity contribution is 0.101. The van der Waals surface area contributed by atoms with Crippen molar-refractivity contribution in [1.82, 2.24) is 9.97 Å². The second-order valence-electron chi connectivity index (χ2n) is 3.41. The largest absolute Gasteiger partial charge is 0.342 e. The van der Waals surface area contributed by atoms with Crippen LogP contribution in [0.15, 0.2) is 18.2 Å². The Kier molecular flexibility index (Phi) is 2.86. The minimum Gasteiger partial charge on any atom is -0.342 e. The lowest BCUT2D eigenvalue weighted by Crippen LogP contribution is -1.90. The van der Waals surface area contributed by atoms with Gasteiger partial charge in [0.05, 0.1) is 11.0 Å². The number of carbonyl (C=O) groups excluding carboxylic acids is 1. The molecular formula is C11H11BrN2O. The third kappa shape index (κ3) is 2.09. The van der Waals surface area contributed by atoms with Crippen molar-refractivity contribution in [3.8, 4) is 0 Å². The van der Waals surface area contributed by atoms with Gasteiger partial charge in [0.1, 0.15) is 5.82 Å². The highest BCUT2D eigenvalue weighted by Crippen LogP contribution is 2.14. The molecule has 0 fully saturated rings. The lowest BCUT2D eigenvalue weighted by atomic mass is 10.1. The molecule has 1 aromatic heterocycles. The molecule has 0 amide bonds. The van der Waals surface area contributed by atoms with Gasteiger partial charge in [-0.25, -0.2) is 4.98 Å². The summed E-state index contributed by atoms with van der Waals surface area (Å²) >= 11 is 3.37. The van der Waals surface area contributed by atoms with E-state index in [-0.39, 0.29) is 5.78 Å². The Hall–Kier alpha value is -1.16. The highest BCUT2D eigenvalue weighted by atomic mass is 79.9. The van der Waals surface area contributed by atoms with Crippen molar-refractivity contribution in [2.45, 2.75) is 13.3 Å². The van der Waals surface area contributed by atoms with Crippen LogP contribution in [0, 0.1) is 0 Å². The number of halogens is 1. The highest BCUT2D eigenvalue weighted by Gasteiger charge is 2.05. The summed E-state index contributed by atoms with van der Waals surface area (Å²) in [7, 11) is 0. The van der Waals surface area contributed by atoms with E-state index in [0.29, 0.717) is 0 Å². The van der Waals surface area contributed by atoms with Gasteiger partial charge >= 0.3 is 0 Å². The molecule has 0 spiro atoms. The van der Waals surface area contributed by atoms with Crippen LogP contribution in [0.2, 0.25) is 0 Å². The van der Waals surface area contributed by atoms with E-state index in [1.165, 1.54) is 0 Å². The van der Waals surface area contributed by atoms with E-state index in [9.17, 15) is 4.79 Å². The molecule has 15 heavy (non-hydrogen) atoms. The summed E-state index contributed by atoms with van der Waals surface area (Å²) in [6.07, 6.45) is 0.865. The van der Waals surface area contributed by atoms with E-state index >= 15 is 0 Å². The third-order valence-electron chi connectivity index (χ3n) is 2.27. The fourth-order valence-corrected chi connectivity index (χ4v) is 1.86. The summed E-state index contributed by atoms with van der Waals surface area (Å²) in [6.45, 7) is 1.57. The van der Waals surface area contributed by atoms with Gasteiger partial charge in [-0.05, 0) is 25.1 Å². The molecule has 0 atom stereocenters. The predicted octanol–water partition coefficient (Wildman–Crippen LogP) is 2.70. The summed E-state index contributed by atoms with van der Waals surface area (Å²) in [5, 5.41) is 0.881. The average Bonchev–Trinajstić information content (AvgIpc) is 2.59. The number of aryl methyl sites for hydroxylation is 1. The van der Waals surface area contributed by atoms with Crippen molar-refractivity contribution in [1.29, 1.82) is 0 Å². The predicted molar refractivity (Wildman–Crippen MR) is 63.6 cm³/mol. The zero-order valence-electron chi connectivity index (χ0n) is 8.38. The first kappa shape index (κ1) is 10.4. The summed E-state index contributed by atoms with van der Waals surface area (Å²) in [5.41, 5.74) is 2.56. The maximum atomic E-state index is 11.2. The average molecular weight is 267 g/mol. The number of fused-ring (bicyclic) bond motifs is 1. The van der Waals surface area contributed by atoms with Crippen molar-refractivity contribution in [2.24, 2.45) is 0 Å². The third-order valence-corrected chi connectivity index (χ3v) is 2.67. The topological polar surface area (TPSA) is 45.8 Å². The summed E-state index contributed by atoms with van der Waals surface area (Å²) < 4.78 is 0. The van der Waals surface area contributed by atoms with Gasteiger partial charge in [-0.2, -0.15) is 0 Å². The number of aromatic amines is 1. The monoisotopic (exact) mass is 266 g/mol. The van der Waals surface area contributed by atoms with Crippen LogP contribution in [-0.2, 0) is 6.42 Å². The summed E-state index contributed by atoms with van der Waals surface area (Å²) in [6, 6.07) is 5.53. The molecule has 0 aliphatic carbocycles. The van der Waals surface area contributed by atoms with Gasteiger partial charge in [-0.3, -0.25) is 4.79 Å². The molecule has 0 aliphatic heterocycles. The molecule has 2 rings (SSSR count). The van der Waals surface area contributed by atoms with E-state index in [1.807, 2.05) is 18.2 Å². The molecule has 78 valence electrons. The number of benzene rings is 1. The number of hydrogen-bond donors (Lipinski definition) is 1. The second kappa shape index (κ2) is 4.14. The second-order valence-corrected chi connectivity index (χ2v) is 4.20. The van der Waals surface area contributed by atoms with Crippen LogP contribution in [0.5, 0.6) is 0 Å². The molecule has 0 saturated carbocycles. The molecule has 0 radical (unpaired) electrons. The standard InChI is InChI=1S/C11H11BrN2O/c1-7(15)8-2-3-9-10(6-8)14-11(13-9)4-5-12/h2-3,6H,4-5H2,1H3,(H,13,14). The molecule has 1 aromatic carbocycles. The Morgan fingerprint density at radius 2 is 2.33 bits per heavy atom. The lowest BCUT2D eigenvalue weighted by Gasteiger charge is -1.93. The van der Waals surface area contributed by atoms with E-state index in [0.717, 1.165) is 34.2 Å². The van der Waals surface area contributed by atoms with Crippen LogP contribution in [0.25, 0.3) is 11.0 Å². The number of rotatable bonds is 3. The summed E-state index contributed by atoms with van der Waals surface area (Å²) in [5.74, 6) is 1.02. The number of hydrogen-bond acceptors (Lipinski definition) is 2. The zero-order valence-corrected chi connectivity index (χ0v) is 9.97. The Labute approximate surface area is 96.0 Å². The number of nitrogens with zero attached hydrogens (tertiary/aromatic N) is 1. The van der Waals surface area contributed by atoms with Crippen molar-refractivity contribution in [3.63, 3.8) is 0 Å². The molecule has 4 heteroatoms. The minimum absolute atomic E-state index is 0.0774. The van der Waals surface area contributed by atoms with Crippen LogP contribution in [-0.4, -0.2) is 21.1 Å². The first-order valence-corrected chi connectivity index (χ1v) is 5.88. The van der Waals surface area contributed by atoms with Crippen LogP contribution in [0.4, 0.5) is 0 Å². The first-order chi connectivity index (χ1) is 7.20. The molecule has 0 bridgehead atoms. The normalized spacial score (nSPS) is 10.8. The fourth-order valence-electron chi connectivity index (χ4n) is 1.49. The summed E-state index contributed by atoms with van der Waals surface area (Å²) in [4.78, 5) is 18.8. The van der Waals surface area contributed by atoms with Crippen LogP contribution >= 0.6 is 15.9 Å². The smallest absolute Gasteiger partial charge is 0.159 e. The van der Waals surface area contributed by atoms with E-state index in [4.69, 9.17) is 0 Å². The van der Waals surface area contributed by atoms with Crippen molar-refractivity contribution < 1.29 is 4.79 Å². The SMILES string of the molecule is CC(=O)c1ccc2nc(CCBr)[nH]c2c1. The van der Waals surface area contributed by atoms with E-state index < -0.39 is 0 Å². The van der Waals surface area contributed by atoms with Gasteiger partial charge in [0.15, 0.2) is 5.78 Å². The van der Waals surface area contributed by atoms with Gasteiger partial charge < -0.3 is 4.98 Å². The van der Waals surface area contributed by atoms with Crippen molar-refractivity contribution in [3.05, 3.63) is 29.6 Å². The zero-order chi connectivity index (χ0) is 10.8. The first-order valence-electron chi connectivity index (χ1n) is 4.76. The Bertz CT molecular complexity index is 504. The molecule has 2 aromatic rings. The van der Waals surface area contributed by atoms with E-state index in [1.54, 1.807) is 6.92 Å². The van der Waals surface area contributed by atoms with E-state index in [2.05, 4.69) is 25.9 Å². The van der Waals surface area contributed by atoms with Gasteiger partial charge in [-0.1, -0.05) is 15.9 Å². The maximum absolute atomic E-state index is 11.2.